The van der Waals surface area contributed by atoms with Crippen molar-refractivity contribution < 1.29 is 67.9 Å². The Morgan fingerprint density at radius 3 is 2.47 bits per heavy atom. The van der Waals surface area contributed by atoms with E-state index in [0.29, 0.717) is 5.75 Å². The molecule has 3 saturated heterocycles. The minimum atomic E-state index is -2.02. The van der Waals surface area contributed by atoms with Crippen molar-refractivity contribution in [3.63, 3.8) is 0 Å². The maximum atomic E-state index is 14.0. The SMILES string of the molecule is COC(=O)NC1=C2/C(=C\CSSSC)C(O)(C#C/C=C\C#CC2OC2OC(C)C(SC)(C(CO)OC3CC(O)C(SC)C(C)O3)C(O)C2OC2CC(OC)C(NC(C)C)CO2)CC1=O. The van der Waals surface area contributed by atoms with Gasteiger partial charge in [0.05, 0.1) is 72.9 Å². The first-order chi connectivity index (χ1) is 30.6. The molecule has 21 heteroatoms. The van der Waals surface area contributed by atoms with Crippen molar-refractivity contribution in [2.24, 2.45) is 0 Å². The van der Waals surface area contributed by atoms with Gasteiger partial charge < -0.3 is 63.6 Å². The number of hydrogen-bond acceptors (Lipinski definition) is 20. The average molecular weight is 991 g/mol. The molecule has 0 radical (unpaired) electrons. The van der Waals surface area contributed by atoms with Crippen LogP contribution < -0.4 is 10.6 Å². The highest BCUT2D eigenvalue weighted by Crippen LogP contribution is 2.47. The van der Waals surface area contributed by atoms with Gasteiger partial charge in [0.1, 0.15) is 24.4 Å². The number of Topliss-reactive ketones (excluding diaryl/α,β-unsaturated/α-hetero) is 1. The standard InChI is InChI=1S/C43H62N2O14S5/c1-23(2)44-27-22-54-33(19-31(27)52-5)59-37-39(49)43(61-8,32(21-46)58-34-18-28(47)38(60-7)24(3)55-34)25(4)56-40(37)57-30-14-12-10-11-13-16-42(51)20-29(48)36(45-41(50)53-6)35(30)26(42)15-17-63-64-62-9/h10-11,15,23-25,27-28,30-34,37-40,44,46-47,49,51H,17-22H2,1-9H3,(H,45,50)/b11-10-,26-15+. The van der Waals surface area contributed by atoms with Gasteiger partial charge >= 0.3 is 6.09 Å². The summed E-state index contributed by atoms with van der Waals surface area (Å²) in [4.78, 5) is 26.9. The number of aliphatic hydroxyl groups excluding tert-OH is 3. The molecule has 358 valence electrons. The zero-order chi connectivity index (χ0) is 46.8. The van der Waals surface area contributed by atoms with Crippen LogP contribution in [0.5, 0.6) is 0 Å². The molecule has 6 N–H and O–H groups in total. The van der Waals surface area contributed by atoms with Gasteiger partial charge in [0.25, 0.3) is 0 Å². The second-order valence-electron chi connectivity index (χ2n) is 15.9. The topological polar surface area (TPSA) is 213 Å². The number of hydrogen-bond donors (Lipinski definition) is 6. The number of carbonyl (C=O) groups excluding carboxylic acids is 2. The minimum Gasteiger partial charge on any atom is -0.453 e. The van der Waals surface area contributed by atoms with Crippen LogP contribution in [-0.2, 0) is 42.7 Å². The highest BCUT2D eigenvalue weighted by Gasteiger charge is 2.61. The number of rotatable bonds is 18. The molecule has 5 rings (SSSR count). The number of methoxy groups -OCH3 is 2. The van der Waals surface area contributed by atoms with E-state index >= 15 is 0 Å². The van der Waals surface area contributed by atoms with Crippen LogP contribution in [-0.4, -0.2) is 180 Å². The zero-order valence-electron chi connectivity index (χ0n) is 37.5. The lowest BCUT2D eigenvalue weighted by molar-refractivity contribution is -0.338. The van der Waals surface area contributed by atoms with Crippen LogP contribution in [0.4, 0.5) is 4.79 Å². The number of nitrogens with one attached hydrogen (secondary N) is 2. The normalized spacial score (nSPS) is 38.2. The lowest BCUT2D eigenvalue weighted by Gasteiger charge is -2.54. The molecular weight excluding hydrogens is 929 g/mol. The second-order valence-corrected chi connectivity index (χ2v) is 22.5. The molecule has 0 saturated carbocycles. The molecule has 5 aliphatic rings. The molecule has 15 unspecified atom stereocenters. The fourth-order valence-electron chi connectivity index (χ4n) is 8.68. The van der Waals surface area contributed by atoms with Crippen molar-refractivity contribution >= 4 is 66.8 Å². The maximum Gasteiger partial charge on any atom is 0.411 e. The summed E-state index contributed by atoms with van der Waals surface area (Å²) in [6.07, 6.45) is -2.18. The molecule has 0 aromatic carbocycles. The van der Waals surface area contributed by atoms with E-state index in [1.54, 1.807) is 26.4 Å². The van der Waals surface area contributed by atoms with Crippen molar-refractivity contribution in [1.29, 1.82) is 0 Å². The predicted octanol–water partition coefficient (Wildman–Crippen LogP) is 3.17. The largest absolute Gasteiger partial charge is 0.453 e. The van der Waals surface area contributed by atoms with Crippen LogP contribution in [0.15, 0.2) is 35.1 Å². The van der Waals surface area contributed by atoms with E-state index in [9.17, 15) is 30.0 Å². The average Bonchev–Trinajstić information content (AvgIpc) is 3.25. The third-order valence-electron chi connectivity index (χ3n) is 11.6. The monoisotopic (exact) mass is 990 g/mol. The van der Waals surface area contributed by atoms with E-state index in [0.717, 1.165) is 7.11 Å². The van der Waals surface area contributed by atoms with E-state index < -0.39 is 90.7 Å². The number of alkyl carbamates (subject to hydrolysis) is 1. The summed E-state index contributed by atoms with van der Waals surface area (Å²) in [5, 5.41) is 53.0. The minimum absolute atomic E-state index is 0.0143. The van der Waals surface area contributed by atoms with E-state index in [1.807, 2.05) is 33.3 Å². The summed E-state index contributed by atoms with van der Waals surface area (Å²) >= 11 is 2.69. The van der Waals surface area contributed by atoms with Gasteiger partial charge in [-0.2, -0.15) is 23.5 Å². The molecule has 1 amide bonds. The van der Waals surface area contributed by atoms with Crippen LogP contribution in [0.2, 0.25) is 0 Å². The van der Waals surface area contributed by atoms with Gasteiger partial charge in [-0.05, 0) is 54.6 Å². The highest BCUT2D eigenvalue weighted by atomic mass is 33.5. The summed E-state index contributed by atoms with van der Waals surface area (Å²) < 4.78 is 48.6. The number of ether oxygens (including phenoxy) is 8. The number of carbonyl (C=O) groups is 2. The predicted molar refractivity (Wildman–Crippen MR) is 251 cm³/mol. The zero-order valence-corrected chi connectivity index (χ0v) is 41.6. The van der Waals surface area contributed by atoms with Gasteiger partial charge in [0.15, 0.2) is 30.3 Å². The van der Waals surface area contributed by atoms with Gasteiger partial charge in [-0.25, -0.2) is 4.79 Å². The van der Waals surface area contributed by atoms with Crippen LogP contribution in [0, 0.1) is 23.7 Å². The molecule has 0 spiro atoms. The highest BCUT2D eigenvalue weighted by molar-refractivity contribution is 9.09. The summed E-state index contributed by atoms with van der Waals surface area (Å²) in [5.74, 6) is 11.3. The Morgan fingerprint density at radius 2 is 1.83 bits per heavy atom. The lowest BCUT2D eigenvalue weighted by atomic mass is 9.75. The molecule has 2 bridgehead atoms. The van der Waals surface area contributed by atoms with Crippen LogP contribution in [0.25, 0.3) is 0 Å². The van der Waals surface area contributed by atoms with Crippen LogP contribution >= 0.6 is 54.9 Å². The fourth-order valence-corrected chi connectivity index (χ4v) is 13.1. The summed E-state index contributed by atoms with van der Waals surface area (Å²) in [6, 6.07) is -0.0283. The lowest BCUT2D eigenvalue weighted by Crippen LogP contribution is -2.71. The summed E-state index contributed by atoms with van der Waals surface area (Å²) in [5.41, 5.74) is -2.05. The number of amides is 1. The molecular formula is C43H62N2O14S5. The van der Waals surface area contributed by atoms with Crippen molar-refractivity contribution in [3.05, 3.63) is 35.1 Å². The summed E-state index contributed by atoms with van der Waals surface area (Å²) in [6.45, 7) is 7.22. The Kier molecular flexibility index (Phi) is 20.7. The van der Waals surface area contributed by atoms with E-state index in [2.05, 4.69) is 34.3 Å². The summed E-state index contributed by atoms with van der Waals surface area (Å²) in [7, 11) is 7.28. The molecule has 64 heavy (non-hydrogen) atoms. The van der Waals surface area contributed by atoms with Crippen molar-refractivity contribution in [3.8, 4) is 23.7 Å². The third-order valence-corrected chi connectivity index (χ3v) is 18.1. The number of allylic oxidation sites excluding steroid dienone is 3. The van der Waals surface area contributed by atoms with Crippen molar-refractivity contribution in [1.82, 2.24) is 10.6 Å². The molecule has 3 fully saturated rings. The quantitative estimate of drug-likeness (QED) is 0.0662. The van der Waals surface area contributed by atoms with E-state index in [-0.39, 0.29) is 65.8 Å². The maximum absolute atomic E-state index is 14.0. The second kappa shape index (κ2) is 24.7. The van der Waals surface area contributed by atoms with Gasteiger partial charge in [0.2, 0.25) is 0 Å². The first-order valence-electron chi connectivity index (χ1n) is 20.9. The number of ketones is 1. The van der Waals surface area contributed by atoms with Gasteiger partial charge in [-0.3, -0.25) is 10.1 Å². The first-order valence-corrected chi connectivity index (χ1v) is 27.5. The number of aliphatic hydroxyl groups is 4. The third kappa shape index (κ3) is 12.4. The first kappa shape index (κ1) is 53.5. The Morgan fingerprint density at radius 1 is 1.08 bits per heavy atom. The van der Waals surface area contributed by atoms with Crippen molar-refractivity contribution in [2.75, 3.05) is 52.0 Å². The van der Waals surface area contributed by atoms with Crippen molar-refractivity contribution in [2.45, 2.75) is 142 Å². The molecule has 2 aliphatic carbocycles. The molecule has 3 heterocycles. The Labute approximate surface area is 396 Å². The van der Waals surface area contributed by atoms with Gasteiger partial charge in [-0.1, -0.05) is 65.2 Å². The molecule has 0 aromatic rings. The molecule has 16 nitrogen and oxygen atoms in total. The smallest absolute Gasteiger partial charge is 0.411 e. The van der Waals surface area contributed by atoms with Crippen LogP contribution in [0.3, 0.4) is 0 Å². The Bertz CT molecular complexity index is 1820. The van der Waals surface area contributed by atoms with Gasteiger partial charge in [-0.15, -0.1) is 0 Å². The fraction of sp³-hybridized carbons (Fsp3) is 0.721. The molecule has 0 aromatic heterocycles. The van der Waals surface area contributed by atoms with E-state index in [1.165, 1.54) is 67.1 Å². The Balaban J connectivity index is 1.61. The van der Waals surface area contributed by atoms with Gasteiger partial charge in [0, 0.05) is 42.9 Å². The van der Waals surface area contributed by atoms with E-state index in [4.69, 9.17) is 37.9 Å². The number of fused-ring (bicyclic) bond motifs is 2. The Hall–Kier alpha value is -1.45. The molecule has 15 atom stereocenters. The van der Waals surface area contributed by atoms with Crippen LogP contribution in [0.1, 0.15) is 47.0 Å². The molecule has 3 aliphatic heterocycles. The number of thioether (sulfide) groups is 2.